The zero-order chi connectivity index (χ0) is 16.4. The van der Waals surface area contributed by atoms with Gasteiger partial charge in [0.15, 0.2) is 0 Å². The maximum atomic E-state index is 6.14. The molecule has 0 aliphatic rings. The van der Waals surface area contributed by atoms with E-state index in [-0.39, 0.29) is 0 Å². The number of methoxy groups -OCH3 is 1. The molecule has 0 N–H and O–H groups in total. The number of benzene rings is 2. The minimum absolute atomic E-state index is 0.696. The van der Waals surface area contributed by atoms with Crippen LogP contribution in [0.25, 0.3) is 16.9 Å². The van der Waals surface area contributed by atoms with Gasteiger partial charge < -0.3 is 9.47 Å². The van der Waals surface area contributed by atoms with Crippen LogP contribution in [0, 0.1) is 0 Å². The van der Waals surface area contributed by atoms with Gasteiger partial charge in [-0.2, -0.15) is 0 Å². The van der Waals surface area contributed by atoms with Gasteiger partial charge in [0, 0.05) is 11.8 Å². The van der Waals surface area contributed by atoms with E-state index in [1.54, 1.807) is 7.11 Å². The molecule has 0 amide bonds. The fraction of sp³-hybridized carbons (Fsp3) is 0.0500. The van der Waals surface area contributed by atoms with E-state index in [0.717, 1.165) is 28.4 Å². The van der Waals surface area contributed by atoms with Crippen LogP contribution in [-0.2, 0) is 0 Å². The van der Waals surface area contributed by atoms with Gasteiger partial charge >= 0.3 is 0 Å². The summed E-state index contributed by atoms with van der Waals surface area (Å²) in [6, 6.07) is 23.4. The van der Waals surface area contributed by atoms with Crippen LogP contribution < -0.4 is 9.47 Å². The highest BCUT2D eigenvalue weighted by molar-refractivity contribution is 5.70. The van der Waals surface area contributed by atoms with E-state index in [4.69, 9.17) is 14.5 Å². The Kier molecular flexibility index (Phi) is 3.63. The summed E-state index contributed by atoms with van der Waals surface area (Å²) in [6.45, 7) is 0. The van der Waals surface area contributed by atoms with Gasteiger partial charge in [0.2, 0.25) is 5.88 Å². The molecule has 0 atom stereocenters. The van der Waals surface area contributed by atoms with E-state index in [1.165, 1.54) is 0 Å². The second kappa shape index (κ2) is 6.08. The van der Waals surface area contributed by atoms with E-state index in [0.29, 0.717) is 5.88 Å². The number of imidazole rings is 1. The third-order valence-electron chi connectivity index (χ3n) is 3.81. The Hall–Kier alpha value is -3.27. The third kappa shape index (κ3) is 2.58. The minimum atomic E-state index is 0.696. The van der Waals surface area contributed by atoms with Crippen LogP contribution in [0.15, 0.2) is 79.0 Å². The number of hydrogen-bond donors (Lipinski definition) is 0. The van der Waals surface area contributed by atoms with Gasteiger partial charge in [-0.25, -0.2) is 4.98 Å². The number of nitrogens with zero attached hydrogens (tertiary/aromatic N) is 2. The van der Waals surface area contributed by atoms with Gasteiger partial charge in [-0.05, 0) is 48.5 Å². The molecule has 4 nitrogen and oxygen atoms in total. The Morgan fingerprint density at radius 1 is 0.792 bits per heavy atom. The van der Waals surface area contributed by atoms with E-state index in [1.807, 2.05) is 83.4 Å². The molecule has 0 fully saturated rings. The number of pyridine rings is 1. The number of fused-ring (bicyclic) bond motifs is 1. The molecule has 0 aliphatic heterocycles. The second-order valence-corrected chi connectivity index (χ2v) is 5.34. The topological polar surface area (TPSA) is 35.8 Å². The molecule has 2 aromatic carbocycles. The monoisotopic (exact) mass is 316 g/mol. The van der Waals surface area contributed by atoms with Crippen LogP contribution in [0.4, 0.5) is 0 Å². The standard InChI is InChI=1S/C20H16N2O2/c1-23-16-12-10-15(11-13-16)19-20(24-17-7-3-2-4-8-17)22-14-6-5-9-18(22)21-19/h2-14H,1H3. The van der Waals surface area contributed by atoms with Crippen molar-refractivity contribution in [3.05, 3.63) is 79.0 Å². The summed E-state index contributed by atoms with van der Waals surface area (Å²) in [4.78, 5) is 4.73. The molecule has 4 aromatic rings. The molecule has 4 heteroatoms. The molecule has 4 rings (SSSR count). The Balaban J connectivity index is 1.85. The molecular weight excluding hydrogens is 300 g/mol. The summed E-state index contributed by atoms with van der Waals surface area (Å²) < 4.78 is 13.3. The molecule has 0 saturated carbocycles. The van der Waals surface area contributed by atoms with Gasteiger partial charge in [0.1, 0.15) is 22.8 Å². The van der Waals surface area contributed by atoms with Crippen LogP contribution >= 0.6 is 0 Å². The normalized spacial score (nSPS) is 10.7. The van der Waals surface area contributed by atoms with Gasteiger partial charge in [-0.1, -0.05) is 24.3 Å². The highest BCUT2D eigenvalue weighted by Crippen LogP contribution is 2.34. The Morgan fingerprint density at radius 2 is 1.54 bits per heavy atom. The Bertz CT molecular complexity index is 960. The average Bonchev–Trinajstić information content (AvgIpc) is 3.01. The minimum Gasteiger partial charge on any atom is -0.497 e. The molecule has 2 heterocycles. The summed E-state index contributed by atoms with van der Waals surface area (Å²) in [5.74, 6) is 2.29. The van der Waals surface area contributed by atoms with Crippen LogP contribution in [-0.4, -0.2) is 16.5 Å². The van der Waals surface area contributed by atoms with Crippen LogP contribution in [0.1, 0.15) is 0 Å². The predicted octanol–water partition coefficient (Wildman–Crippen LogP) is 4.80. The lowest BCUT2D eigenvalue weighted by Crippen LogP contribution is -1.91. The molecule has 118 valence electrons. The van der Waals surface area contributed by atoms with Crippen LogP contribution in [0.2, 0.25) is 0 Å². The molecule has 0 unspecified atom stereocenters. The first kappa shape index (κ1) is 14.3. The van der Waals surface area contributed by atoms with Crippen molar-refractivity contribution in [3.63, 3.8) is 0 Å². The van der Waals surface area contributed by atoms with E-state index < -0.39 is 0 Å². The summed E-state index contributed by atoms with van der Waals surface area (Å²) >= 11 is 0. The van der Waals surface area contributed by atoms with Gasteiger partial charge in [0.05, 0.1) is 7.11 Å². The molecule has 2 aromatic heterocycles. The highest BCUT2D eigenvalue weighted by Gasteiger charge is 2.16. The zero-order valence-corrected chi connectivity index (χ0v) is 13.2. The first-order valence-electron chi connectivity index (χ1n) is 7.69. The zero-order valence-electron chi connectivity index (χ0n) is 13.2. The smallest absolute Gasteiger partial charge is 0.232 e. The summed E-state index contributed by atoms with van der Waals surface area (Å²) in [7, 11) is 1.66. The van der Waals surface area contributed by atoms with Crippen molar-refractivity contribution < 1.29 is 9.47 Å². The summed E-state index contributed by atoms with van der Waals surface area (Å²) in [5, 5.41) is 0. The fourth-order valence-corrected chi connectivity index (χ4v) is 2.61. The van der Waals surface area contributed by atoms with Crippen molar-refractivity contribution in [1.82, 2.24) is 9.38 Å². The van der Waals surface area contributed by atoms with Crippen molar-refractivity contribution in [1.29, 1.82) is 0 Å². The lowest BCUT2D eigenvalue weighted by molar-refractivity contribution is 0.415. The van der Waals surface area contributed by atoms with E-state index in [9.17, 15) is 0 Å². The highest BCUT2D eigenvalue weighted by atomic mass is 16.5. The van der Waals surface area contributed by atoms with Crippen LogP contribution in [0.3, 0.4) is 0 Å². The molecule has 0 radical (unpaired) electrons. The van der Waals surface area contributed by atoms with Crippen molar-refractivity contribution in [2.45, 2.75) is 0 Å². The molecule has 0 saturated heterocycles. The van der Waals surface area contributed by atoms with Gasteiger partial charge in [-0.3, -0.25) is 4.40 Å². The largest absolute Gasteiger partial charge is 0.497 e. The summed E-state index contributed by atoms with van der Waals surface area (Å²) in [6.07, 6.45) is 1.95. The third-order valence-corrected chi connectivity index (χ3v) is 3.81. The average molecular weight is 316 g/mol. The SMILES string of the molecule is COc1ccc(-c2nc3ccccn3c2Oc2ccccc2)cc1. The number of para-hydroxylation sites is 1. The molecule has 0 spiro atoms. The molecule has 0 bridgehead atoms. The van der Waals surface area contributed by atoms with Crippen molar-refractivity contribution in [3.8, 4) is 28.6 Å². The number of ether oxygens (including phenoxy) is 2. The Morgan fingerprint density at radius 3 is 2.29 bits per heavy atom. The lowest BCUT2D eigenvalue weighted by Gasteiger charge is -2.08. The number of aromatic nitrogens is 2. The quantitative estimate of drug-likeness (QED) is 0.542. The first-order valence-corrected chi connectivity index (χ1v) is 7.69. The Labute approximate surface area is 139 Å². The summed E-state index contributed by atoms with van der Waals surface area (Å²) in [5.41, 5.74) is 2.62. The second-order valence-electron chi connectivity index (χ2n) is 5.34. The maximum absolute atomic E-state index is 6.14. The fourth-order valence-electron chi connectivity index (χ4n) is 2.61. The van der Waals surface area contributed by atoms with Crippen molar-refractivity contribution in [2.24, 2.45) is 0 Å². The van der Waals surface area contributed by atoms with Gasteiger partial charge in [0.25, 0.3) is 0 Å². The predicted molar refractivity (Wildman–Crippen MR) is 93.7 cm³/mol. The maximum Gasteiger partial charge on any atom is 0.232 e. The van der Waals surface area contributed by atoms with E-state index in [2.05, 4.69) is 0 Å². The molecule has 24 heavy (non-hydrogen) atoms. The van der Waals surface area contributed by atoms with Crippen molar-refractivity contribution >= 4 is 5.65 Å². The van der Waals surface area contributed by atoms with Crippen LogP contribution in [0.5, 0.6) is 17.4 Å². The molecular formula is C20H16N2O2. The van der Waals surface area contributed by atoms with E-state index >= 15 is 0 Å². The van der Waals surface area contributed by atoms with Crippen molar-refractivity contribution in [2.75, 3.05) is 7.11 Å². The number of rotatable bonds is 4. The van der Waals surface area contributed by atoms with Gasteiger partial charge in [-0.15, -0.1) is 0 Å². The molecule has 0 aliphatic carbocycles. The number of hydrogen-bond acceptors (Lipinski definition) is 3. The lowest BCUT2D eigenvalue weighted by atomic mass is 10.1. The first-order chi connectivity index (χ1) is 11.8.